The first-order valence-corrected chi connectivity index (χ1v) is 10.1. The zero-order valence-corrected chi connectivity index (χ0v) is 17.1. The molecule has 3 nitrogen and oxygen atoms in total. The van der Waals surface area contributed by atoms with Gasteiger partial charge in [0.05, 0.1) is 11.7 Å². The number of carbonyl (C=O) groups is 1. The third-order valence-electron chi connectivity index (χ3n) is 5.31. The highest BCUT2D eigenvalue weighted by molar-refractivity contribution is 9.10. The molecule has 0 saturated heterocycles. The van der Waals surface area contributed by atoms with Gasteiger partial charge in [0.25, 0.3) is 0 Å². The van der Waals surface area contributed by atoms with Crippen molar-refractivity contribution in [1.29, 1.82) is 0 Å². The van der Waals surface area contributed by atoms with Crippen LogP contribution in [0.15, 0.2) is 53.0 Å². The number of urea groups is 1. The molecule has 2 aromatic rings. The monoisotopic (exact) mass is 462 g/mol. The summed E-state index contributed by atoms with van der Waals surface area (Å²) < 4.78 is 45.0. The summed E-state index contributed by atoms with van der Waals surface area (Å²) in [6, 6.07) is 11.4. The van der Waals surface area contributed by atoms with Crippen LogP contribution in [0.5, 0.6) is 0 Å². The number of alkyl halides is 3. The largest absolute Gasteiger partial charge is 0.427 e. The minimum atomic E-state index is -4.79. The van der Waals surface area contributed by atoms with Crippen molar-refractivity contribution in [2.75, 3.05) is 5.32 Å². The van der Waals surface area contributed by atoms with Gasteiger partial charge in [0, 0.05) is 16.0 Å². The molecule has 1 aliphatic heterocycles. The molecule has 0 unspecified atom stereocenters. The molecule has 2 atom stereocenters. The molecule has 0 spiro atoms. The number of carbonyl (C=O) groups excluding carboxylic acids is 1. The number of hydrogen-bond acceptors (Lipinski definition) is 1. The van der Waals surface area contributed by atoms with E-state index in [1.54, 1.807) is 43.3 Å². The van der Waals surface area contributed by atoms with E-state index in [1.165, 1.54) is 12.1 Å². The first-order valence-electron chi connectivity index (χ1n) is 9.29. The summed E-state index contributed by atoms with van der Waals surface area (Å²) in [5.74, 6) is 5.25. The van der Waals surface area contributed by atoms with E-state index in [0.29, 0.717) is 10.0 Å². The van der Waals surface area contributed by atoms with Gasteiger partial charge in [-0.1, -0.05) is 64.2 Å². The van der Waals surface area contributed by atoms with Crippen LogP contribution in [0.3, 0.4) is 0 Å². The molecule has 1 aliphatic carbocycles. The average molecular weight is 463 g/mol. The Hall–Kier alpha value is -2.46. The van der Waals surface area contributed by atoms with E-state index in [1.807, 2.05) is 0 Å². The number of nitrogens with zero attached hydrogens (tertiary/aromatic N) is 1. The Morgan fingerprint density at radius 1 is 1.21 bits per heavy atom. The molecule has 0 aromatic heterocycles. The zero-order valence-electron chi connectivity index (χ0n) is 15.6. The van der Waals surface area contributed by atoms with Crippen LogP contribution >= 0.6 is 15.9 Å². The molecule has 29 heavy (non-hydrogen) atoms. The van der Waals surface area contributed by atoms with Crippen LogP contribution in [-0.2, 0) is 5.54 Å². The van der Waals surface area contributed by atoms with Crippen LogP contribution < -0.4 is 5.32 Å². The van der Waals surface area contributed by atoms with Gasteiger partial charge in [0.2, 0.25) is 5.54 Å². The first-order chi connectivity index (χ1) is 13.7. The number of halogens is 4. The number of benzene rings is 2. The van der Waals surface area contributed by atoms with Gasteiger partial charge in [-0.15, -0.1) is 0 Å². The average Bonchev–Trinajstić information content (AvgIpc) is 3.49. The number of amides is 2. The summed E-state index contributed by atoms with van der Waals surface area (Å²) in [6.07, 6.45) is -3.22. The smallest absolute Gasteiger partial charge is 0.307 e. The fraction of sp³-hybridized carbons (Fsp3) is 0.318. The third-order valence-corrected chi connectivity index (χ3v) is 5.80. The molecule has 2 aliphatic rings. The first kappa shape index (κ1) is 19.8. The molecular formula is C22H18BrF3N2O. The molecule has 1 saturated carbocycles. The van der Waals surface area contributed by atoms with Gasteiger partial charge >= 0.3 is 12.2 Å². The van der Waals surface area contributed by atoms with E-state index in [-0.39, 0.29) is 17.2 Å². The van der Waals surface area contributed by atoms with Crippen LogP contribution in [0.1, 0.15) is 36.9 Å². The van der Waals surface area contributed by atoms with Crippen molar-refractivity contribution in [3.63, 3.8) is 0 Å². The summed E-state index contributed by atoms with van der Waals surface area (Å²) in [7, 11) is 0. The summed E-state index contributed by atoms with van der Waals surface area (Å²) in [4.78, 5) is 13.9. The Morgan fingerprint density at radius 3 is 2.52 bits per heavy atom. The SMILES string of the molecule is C[C@H](c1ccccc1)N1C(=O)Nc2cc(Br)ccc2[C@@]1(C#CC1CC1)C(F)(F)F. The van der Waals surface area contributed by atoms with E-state index >= 15 is 0 Å². The Morgan fingerprint density at radius 2 is 1.90 bits per heavy atom. The van der Waals surface area contributed by atoms with Crippen molar-refractivity contribution in [1.82, 2.24) is 4.90 Å². The van der Waals surface area contributed by atoms with Gasteiger partial charge in [-0.2, -0.15) is 13.2 Å². The lowest BCUT2D eigenvalue weighted by Crippen LogP contribution is -2.62. The third kappa shape index (κ3) is 3.40. The van der Waals surface area contributed by atoms with E-state index in [0.717, 1.165) is 17.7 Å². The van der Waals surface area contributed by atoms with E-state index < -0.39 is 23.8 Å². The maximum absolute atomic E-state index is 14.8. The van der Waals surface area contributed by atoms with Gasteiger partial charge in [0.1, 0.15) is 0 Å². The zero-order chi connectivity index (χ0) is 20.8. The molecule has 1 heterocycles. The molecule has 150 valence electrons. The van der Waals surface area contributed by atoms with Crippen LogP contribution in [-0.4, -0.2) is 17.1 Å². The van der Waals surface area contributed by atoms with E-state index in [4.69, 9.17) is 0 Å². The van der Waals surface area contributed by atoms with Crippen LogP contribution in [0.4, 0.5) is 23.7 Å². The Bertz CT molecular complexity index is 1010. The quantitative estimate of drug-likeness (QED) is 0.527. The Labute approximate surface area is 175 Å². The Kier molecular flexibility index (Phi) is 4.86. The lowest BCUT2D eigenvalue weighted by atomic mass is 9.82. The fourth-order valence-electron chi connectivity index (χ4n) is 3.66. The second-order valence-electron chi connectivity index (χ2n) is 7.33. The van der Waals surface area contributed by atoms with Gasteiger partial charge < -0.3 is 5.32 Å². The van der Waals surface area contributed by atoms with Crippen molar-refractivity contribution < 1.29 is 18.0 Å². The van der Waals surface area contributed by atoms with Crippen LogP contribution in [0, 0.1) is 17.8 Å². The summed E-state index contributed by atoms with van der Waals surface area (Å²) in [5, 5.41) is 2.62. The van der Waals surface area contributed by atoms with Gasteiger partial charge in [0.15, 0.2) is 0 Å². The number of fused-ring (bicyclic) bond motifs is 1. The standard InChI is InChI=1S/C22H18BrF3N2O/c1-14(16-5-3-2-4-6-16)28-20(29)27-19-13-17(23)9-10-18(19)21(28,22(24,25)26)12-11-15-7-8-15/h2-6,9-10,13-15H,7-8H2,1H3,(H,27,29)/t14-,21+/m1/s1. The van der Waals surface area contributed by atoms with E-state index in [9.17, 15) is 18.0 Å². The molecule has 2 aromatic carbocycles. The fourth-order valence-corrected chi connectivity index (χ4v) is 4.02. The minimum absolute atomic E-state index is 0.0491. The number of nitrogens with one attached hydrogen (secondary N) is 1. The van der Waals surface area contributed by atoms with E-state index in [2.05, 4.69) is 33.1 Å². The van der Waals surface area contributed by atoms with Gasteiger partial charge in [-0.05, 0) is 37.5 Å². The normalized spacial score (nSPS) is 22.2. The molecule has 2 amide bonds. The molecule has 1 N–H and O–H groups in total. The minimum Gasteiger partial charge on any atom is -0.307 e. The predicted octanol–water partition coefficient (Wildman–Crippen LogP) is 6.23. The summed E-state index contributed by atoms with van der Waals surface area (Å²) >= 11 is 3.27. The molecule has 4 rings (SSSR count). The maximum atomic E-state index is 14.8. The Balaban J connectivity index is 1.98. The second kappa shape index (κ2) is 7.10. The summed E-state index contributed by atoms with van der Waals surface area (Å²) in [6.45, 7) is 1.60. The van der Waals surface area contributed by atoms with Crippen molar-refractivity contribution in [3.8, 4) is 11.8 Å². The van der Waals surface area contributed by atoms with Crippen LogP contribution in [0.2, 0.25) is 0 Å². The molecule has 0 bridgehead atoms. The highest BCUT2D eigenvalue weighted by atomic mass is 79.9. The number of hydrogen-bond donors (Lipinski definition) is 1. The molecular weight excluding hydrogens is 445 g/mol. The molecule has 7 heteroatoms. The number of rotatable bonds is 2. The predicted molar refractivity (Wildman–Crippen MR) is 108 cm³/mol. The topological polar surface area (TPSA) is 32.3 Å². The van der Waals surface area contributed by atoms with Gasteiger partial charge in [-0.25, -0.2) is 4.79 Å². The highest BCUT2D eigenvalue weighted by Crippen LogP contribution is 2.52. The van der Waals surface area contributed by atoms with Gasteiger partial charge in [-0.3, -0.25) is 4.90 Å². The van der Waals surface area contributed by atoms with Crippen molar-refractivity contribution >= 4 is 27.6 Å². The molecule has 0 radical (unpaired) electrons. The van der Waals surface area contributed by atoms with Crippen LogP contribution in [0.25, 0.3) is 0 Å². The lowest BCUT2D eigenvalue weighted by Gasteiger charge is -2.48. The van der Waals surface area contributed by atoms with Crippen molar-refractivity contribution in [3.05, 3.63) is 64.1 Å². The lowest BCUT2D eigenvalue weighted by molar-refractivity contribution is -0.212. The van der Waals surface area contributed by atoms with Crippen molar-refractivity contribution in [2.45, 2.75) is 37.5 Å². The second-order valence-corrected chi connectivity index (χ2v) is 8.24. The maximum Gasteiger partial charge on any atom is 0.427 e. The molecule has 1 fully saturated rings. The highest BCUT2D eigenvalue weighted by Gasteiger charge is 2.64. The summed E-state index contributed by atoms with van der Waals surface area (Å²) in [5.41, 5.74) is -2.08. The van der Waals surface area contributed by atoms with Crippen molar-refractivity contribution in [2.24, 2.45) is 5.92 Å². The number of anilines is 1.